The number of hydrogen-bond acceptors (Lipinski definition) is 4. The molecule has 1 saturated heterocycles. The fraction of sp³-hybridized carbons (Fsp3) is 0.500. The molecular formula is C14H19FN2O2. The van der Waals surface area contributed by atoms with E-state index in [1.54, 1.807) is 12.1 Å². The first kappa shape index (κ1) is 13.8. The highest BCUT2D eigenvalue weighted by molar-refractivity contribution is 5.71. The van der Waals surface area contributed by atoms with Gasteiger partial charge in [0, 0.05) is 24.8 Å². The number of hydrogen-bond donors (Lipinski definition) is 1. The van der Waals surface area contributed by atoms with Gasteiger partial charge in [0.25, 0.3) is 0 Å². The summed E-state index contributed by atoms with van der Waals surface area (Å²) in [7, 11) is 1.39. The molecule has 2 rings (SSSR count). The summed E-state index contributed by atoms with van der Waals surface area (Å²) < 4.78 is 17.7. The molecule has 1 heterocycles. The van der Waals surface area contributed by atoms with E-state index in [2.05, 4.69) is 17.1 Å². The van der Waals surface area contributed by atoms with Crippen LogP contribution in [-0.2, 0) is 9.53 Å². The fourth-order valence-electron chi connectivity index (χ4n) is 2.54. The Morgan fingerprint density at radius 3 is 2.74 bits per heavy atom. The first-order valence-corrected chi connectivity index (χ1v) is 6.43. The maximum absolute atomic E-state index is 13.0. The van der Waals surface area contributed by atoms with Crippen molar-refractivity contribution in [1.82, 2.24) is 5.32 Å². The van der Waals surface area contributed by atoms with Crippen LogP contribution in [0.1, 0.15) is 13.3 Å². The van der Waals surface area contributed by atoms with Gasteiger partial charge in [-0.2, -0.15) is 0 Å². The highest BCUT2D eigenvalue weighted by Gasteiger charge is 2.29. The number of rotatable bonds is 3. The lowest BCUT2D eigenvalue weighted by Gasteiger charge is -2.42. The summed E-state index contributed by atoms with van der Waals surface area (Å²) in [4.78, 5) is 13.6. The number of piperazine rings is 1. The van der Waals surface area contributed by atoms with Crippen molar-refractivity contribution in [2.75, 3.05) is 25.1 Å². The zero-order chi connectivity index (χ0) is 13.8. The molecule has 104 valence electrons. The van der Waals surface area contributed by atoms with Gasteiger partial charge in [-0.05, 0) is 31.2 Å². The van der Waals surface area contributed by atoms with E-state index in [1.807, 2.05) is 0 Å². The number of nitrogens with one attached hydrogen (secondary N) is 1. The molecule has 0 amide bonds. The second-order valence-electron chi connectivity index (χ2n) is 4.83. The van der Waals surface area contributed by atoms with E-state index in [0.717, 1.165) is 18.8 Å². The third kappa shape index (κ3) is 3.23. The van der Waals surface area contributed by atoms with Crippen LogP contribution in [0.15, 0.2) is 24.3 Å². The molecule has 1 aromatic rings. The van der Waals surface area contributed by atoms with Crippen LogP contribution >= 0.6 is 0 Å². The number of carbonyl (C=O) groups is 1. The van der Waals surface area contributed by atoms with Crippen LogP contribution in [0.25, 0.3) is 0 Å². The molecule has 2 unspecified atom stereocenters. The van der Waals surface area contributed by atoms with Gasteiger partial charge in [-0.1, -0.05) is 0 Å². The molecule has 0 spiro atoms. The normalized spacial score (nSPS) is 23.2. The van der Waals surface area contributed by atoms with Gasteiger partial charge in [0.05, 0.1) is 19.6 Å². The van der Waals surface area contributed by atoms with E-state index in [0.29, 0.717) is 6.42 Å². The molecule has 4 nitrogen and oxygen atoms in total. The summed E-state index contributed by atoms with van der Waals surface area (Å²) in [6.07, 6.45) is 0.325. The minimum Gasteiger partial charge on any atom is -0.469 e. The Balaban J connectivity index is 2.20. The third-order valence-corrected chi connectivity index (χ3v) is 3.44. The zero-order valence-corrected chi connectivity index (χ0v) is 11.2. The summed E-state index contributed by atoms with van der Waals surface area (Å²) >= 11 is 0. The van der Waals surface area contributed by atoms with Crippen molar-refractivity contribution in [2.45, 2.75) is 25.4 Å². The van der Waals surface area contributed by atoms with Gasteiger partial charge in [-0.15, -0.1) is 0 Å². The quantitative estimate of drug-likeness (QED) is 0.843. The minimum atomic E-state index is -0.254. The monoisotopic (exact) mass is 266 g/mol. The van der Waals surface area contributed by atoms with E-state index >= 15 is 0 Å². The number of methoxy groups -OCH3 is 1. The van der Waals surface area contributed by atoms with Crippen LogP contribution in [-0.4, -0.2) is 38.3 Å². The fourth-order valence-corrected chi connectivity index (χ4v) is 2.54. The molecule has 0 aliphatic carbocycles. The standard InChI is InChI=1S/C14H19FN2O2/c1-10-8-16-9-13(7-14(18)19-2)17(10)12-5-3-11(15)4-6-12/h3-6,10,13,16H,7-9H2,1-2H3. The molecule has 0 radical (unpaired) electrons. The lowest BCUT2D eigenvalue weighted by Crippen LogP contribution is -2.57. The average Bonchev–Trinajstić information content (AvgIpc) is 2.40. The van der Waals surface area contributed by atoms with Crippen molar-refractivity contribution in [3.8, 4) is 0 Å². The van der Waals surface area contributed by atoms with Crippen LogP contribution in [0.5, 0.6) is 0 Å². The number of anilines is 1. The maximum Gasteiger partial charge on any atom is 0.307 e. The molecule has 2 atom stereocenters. The molecule has 5 heteroatoms. The predicted octanol–water partition coefficient (Wildman–Crippen LogP) is 1.56. The van der Waals surface area contributed by atoms with Gasteiger partial charge in [0.15, 0.2) is 0 Å². The van der Waals surface area contributed by atoms with Crippen molar-refractivity contribution < 1.29 is 13.9 Å². The van der Waals surface area contributed by atoms with Crippen LogP contribution < -0.4 is 10.2 Å². The summed E-state index contributed by atoms with van der Waals surface area (Å²) in [5.41, 5.74) is 0.935. The second-order valence-corrected chi connectivity index (χ2v) is 4.83. The van der Waals surface area contributed by atoms with Crippen molar-refractivity contribution >= 4 is 11.7 Å². The lowest BCUT2D eigenvalue weighted by molar-refractivity contribution is -0.141. The topological polar surface area (TPSA) is 41.6 Å². The van der Waals surface area contributed by atoms with Crippen LogP contribution in [0, 0.1) is 5.82 Å². The average molecular weight is 266 g/mol. The molecule has 0 bridgehead atoms. The summed E-state index contributed by atoms with van der Waals surface area (Å²) in [5, 5.41) is 3.30. The summed E-state index contributed by atoms with van der Waals surface area (Å²) in [6.45, 7) is 3.64. The highest BCUT2D eigenvalue weighted by Crippen LogP contribution is 2.24. The SMILES string of the molecule is COC(=O)CC1CNCC(C)N1c1ccc(F)cc1. The van der Waals surface area contributed by atoms with Gasteiger partial charge < -0.3 is 15.0 Å². The Bertz CT molecular complexity index is 436. The smallest absolute Gasteiger partial charge is 0.307 e. The highest BCUT2D eigenvalue weighted by atomic mass is 19.1. The van der Waals surface area contributed by atoms with E-state index < -0.39 is 0 Å². The number of esters is 1. The molecule has 1 fully saturated rings. The molecule has 1 aliphatic rings. The Kier molecular flexibility index (Phi) is 4.37. The van der Waals surface area contributed by atoms with E-state index in [-0.39, 0.29) is 23.9 Å². The molecule has 1 N–H and O–H groups in total. The largest absolute Gasteiger partial charge is 0.469 e. The Labute approximate surface area is 112 Å². The number of ether oxygens (including phenoxy) is 1. The van der Waals surface area contributed by atoms with E-state index in [1.165, 1.54) is 19.2 Å². The summed E-state index contributed by atoms with van der Waals surface area (Å²) in [6, 6.07) is 6.66. The molecule has 0 saturated carbocycles. The number of benzene rings is 1. The van der Waals surface area contributed by atoms with Gasteiger partial charge in [0.2, 0.25) is 0 Å². The zero-order valence-electron chi connectivity index (χ0n) is 11.2. The first-order chi connectivity index (χ1) is 9.11. The minimum absolute atomic E-state index is 0.0293. The van der Waals surface area contributed by atoms with Crippen LogP contribution in [0.2, 0.25) is 0 Å². The molecular weight excluding hydrogens is 247 g/mol. The Morgan fingerprint density at radius 2 is 2.11 bits per heavy atom. The number of carbonyl (C=O) groups excluding carboxylic acids is 1. The van der Waals surface area contributed by atoms with E-state index in [9.17, 15) is 9.18 Å². The van der Waals surface area contributed by atoms with Crippen molar-refractivity contribution in [3.63, 3.8) is 0 Å². The third-order valence-electron chi connectivity index (χ3n) is 3.44. The Hall–Kier alpha value is -1.62. The summed E-state index contributed by atoms with van der Waals surface area (Å²) in [5.74, 6) is -0.482. The molecule has 1 aliphatic heterocycles. The molecule has 19 heavy (non-hydrogen) atoms. The molecule has 0 aromatic heterocycles. The van der Waals surface area contributed by atoms with Gasteiger partial charge in [-0.25, -0.2) is 4.39 Å². The van der Waals surface area contributed by atoms with Crippen LogP contribution in [0.3, 0.4) is 0 Å². The first-order valence-electron chi connectivity index (χ1n) is 6.43. The molecule has 1 aromatic carbocycles. The number of halogens is 1. The maximum atomic E-state index is 13.0. The van der Waals surface area contributed by atoms with Crippen LogP contribution in [0.4, 0.5) is 10.1 Å². The van der Waals surface area contributed by atoms with Gasteiger partial charge >= 0.3 is 5.97 Å². The van der Waals surface area contributed by atoms with Gasteiger partial charge in [-0.3, -0.25) is 4.79 Å². The lowest BCUT2D eigenvalue weighted by atomic mass is 10.0. The van der Waals surface area contributed by atoms with Gasteiger partial charge in [0.1, 0.15) is 5.82 Å². The van der Waals surface area contributed by atoms with Crippen molar-refractivity contribution in [1.29, 1.82) is 0 Å². The second kappa shape index (κ2) is 6.02. The predicted molar refractivity (Wildman–Crippen MR) is 71.6 cm³/mol. The Morgan fingerprint density at radius 1 is 1.42 bits per heavy atom. The van der Waals surface area contributed by atoms with Crippen molar-refractivity contribution in [2.24, 2.45) is 0 Å². The number of nitrogens with zero attached hydrogens (tertiary/aromatic N) is 1. The van der Waals surface area contributed by atoms with E-state index in [4.69, 9.17) is 4.74 Å². The van der Waals surface area contributed by atoms with Crippen molar-refractivity contribution in [3.05, 3.63) is 30.1 Å².